The van der Waals surface area contributed by atoms with Crippen LogP contribution < -0.4 is 4.74 Å². The summed E-state index contributed by atoms with van der Waals surface area (Å²) in [7, 11) is 0. The van der Waals surface area contributed by atoms with E-state index in [0.717, 1.165) is 50.9 Å². The van der Waals surface area contributed by atoms with E-state index < -0.39 is 0 Å². The van der Waals surface area contributed by atoms with Crippen LogP contribution in [-0.2, 0) is 12.8 Å². The zero-order chi connectivity index (χ0) is 12.1. The number of fused-ring (bicyclic) bond motifs is 1. The van der Waals surface area contributed by atoms with Crippen molar-refractivity contribution in [2.45, 2.75) is 51.6 Å². The van der Waals surface area contributed by atoms with Crippen molar-refractivity contribution in [3.05, 3.63) is 29.3 Å². The molecule has 1 heterocycles. The van der Waals surface area contributed by atoms with Crippen LogP contribution in [0.4, 0.5) is 0 Å². The lowest BCUT2D eigenvalue weighted by atomic mass is 9.98. The average molecular weight is 234 g/mol. The summed E-state index contributed by atoms with van der Waals surface area (Å²) in [6.45, 7) is 2.94. The van der Waals surface area contributed by atoms with Gasteiger partial charge in [0.25, 0.3) is 0 Å². The standard InChI is InChI=1S/C15H22O2/c1-2-5-14(16)10-9-13-7-3-6-12-8-4-11-17-15(12)13/h3,6-7,14,16H,2,4-5,8-11H2,1H3. The van der Waals surface area contributed by atoms with Gasteiger partial charge in [-0.25, -0.2) is 0 Å². The molecular weight excluding hydrogens is 212 g/mol. The summed E-state index contributed by atoms with van der Waals surface area (Å²) in [5.41, 5.74) is 2.59. The number of hydrogen-bond donors (Lipinski definition) is 1. The van der Waals surface area contributed by atoms with Crippen molar-refractivity contribution in [2.24, 2.45) is 0 Å². The number of rotatable bonds is 5. The Morgan fingerprint density at radius 1 is 1.35 bits per heavy atom. The van der Waals surface area contributed by atoms with Gasteiger partial charge in [0.2, 0.25) is 0 Å². The molecule has 1 aliphatic rings. The van der Waals surface area contributed by atoms with Crippen molar-refractivity contribution < 1.29 is 9.84 Å². The maximum absolute atomic E-state index is 9.77. The van der Waals surface area contributed by atoms with Crippen LogP contribution in [0, 0.1) is 0 Å². The summed E-state index contributed by atoms with van der Waals surface area (Å²) in [6, 6.07) is 6.39. The van der Waals surface area contributed by atoms with E-state index in [4.69, 9.17) is 4.74 Å². The molecule has 1 aromatic carbocycles. The molecule has 0 fully saturated rings. The fourth-order valence-electron chi connectivity index (χ4n) is 2.45. The van der Waals surface area contributed by atoms with Crippen LogP contribution in [-0.4, -0.2) is 17.8 Å². The highest BCUT2D eigenvalue weighted by Gasteiger charge is 2.14. The molecule has 1 N–H and O–H groups in total. The Hall–Kier alpha value is -1.02. The molecule has 0 aromatic heterocycles. The van der Waals surface area contributed by atoms with Gasteiger partial charge >= 0.3 is 0 Å². The lowest BCUT2D eigenvalue weighted by Crippen LogP contribution is -2.12. The number of hydrogen-bond acceptors (Lipinski definition) is 2. The van der Waals surface area contributed by atoms with Crippen molar-refractivity contribution in [2.75, 3.05) is 6.61 Å². The van der Waals surface area contributed by atoms with Crippen molar-refractivity contribution in [1.29, 1.82) is 0 Å². The van der Waals surface area contributed by atoms with Crippen LogP contribution in [0.25, 0.3) is 0 Å². The summed E-state index contributed by atoms with van der Waals surface area (Å²) >= 11 is 0. The number of aliphatic hydroxyl groups is 1. The molecule has 0 saturated carbocycles. The molecule has 17 heavy (non-hydrogen) atoms. The molecule has 0 bridgehead atoms. The maximum atomic E-state index is 9.77. The van der Waals surface area contributed by atoms with E-state index in [1.165, 1.54) is 11.1 Å². The van der Waals surface area contributed by atoms with Gasteiger partial charge in [-0.3, -0.25) is 0 Å². The molecule has 0 radical (unpaired) electrons. The average Bonchev–Trinajstić information content (AvgIpc) is 2.36. The number of aliphatic hydroxyl groups excluding tert-OH is 1. The molecule has 94 valence electrons. The molecule has 2 heteroatoms. The monoisotopic (exact) mass is 234 g/mol. The molecular formula is C15H22O2. The highest BCUT2D eigenvalue weighted by Crippen LogP contribution is 2.30. The van der Waals surface area contributed by atoms with Crippen LogP contribution >= 0.6 is 0 Å². The quantitative estimate of drug-likeness (QED) is 0.848. The molecule has 1 atom stereocenters. The molecule has 0 saturated heterocycles. The molecule has 0 spiro atoms. The molecule has 1 unspecified atom stereocenters. The van der Waals surface area contributed by atoms with Crippen LogP contribution in [0.1, 0.15) is 43.7 Å². The smallest absolute Gasteiger partial charge is 0.125 e. The van der Waals surface area contributed by atoms with Crippen molar-refractivity contribution in [1.82, 2.24) is 0 Å². The first kappa shape index (κ1) is 12.4. The van der Waals surface area contributed by atoms with E-state index in [1.807, 2.05) is 0 Å². The lowest BCUT2D eigenvalue weighted by molar-refractivity contribution is 0.153. The van der Waals surface area contributed by atoms with Crippen molar-refractivity contribution in [3.63, 3.8) is 0 Å². The zero-order valence-corrected chi connectivity index (χ0v) is 10.6. The number of ether oxygens (including phenoxy) is 1. The van der Waals surface area contributed by atoms with E-state index in [1.54, 1.807) is 0 Å². The van der Waals surface area contributed by atoms with Gasteiger partial charge < -0.3 is 9.84 Å². The van der Waals surface area contributed by atoms with E-state index in [0.29, 0.717) is 0 Å². The first-order valence-corrected chi connectivity index (χ1v) is 6.73. The van der Waals surface area contributed by atoms with E-state index in [-0.39, 0.29) is 6.10 Å². The Labute approximate surface area is 104 Å². The minimum Gasteiger partial charge on any atom is -0.493 e. The highest BCUT2D eigenvalue weighted by atomic mass is 16.5. The molecule has 0 aliphatic carbocycles. The lowest BCUT2D eigenvalue weighted by Gasteiger charge is -2.20. The number of benzene rings is 1. The molecule has 1 aromatic rings. The Kier molecular flexibility index (Phi) is 4.43. The Bertz CT molecular complexity index is 360. The van der Waals surface area contributed by atoms with Crippen LogP contribution in [0.2, 0.25) is 0 Å². The largest absolute Gasteiger partial charge is 0.493 e. The summed E-state index contributed by atoms with van der Waals surface area (Å²) in [4.78, 5) is 0. The van der Waals surface area contributed by atoms with Gasteiger partial charge in [0, 0.05) is 0 Å². The third kappa shape index (κ3) is 3.22. The van der Waals surface area contributed by atoms with E-state index in [2.05, 4.69) is 25.1 Å². The van der Waals surface area contributed by atoms with E-state index >= 15 is 0 Å². The summed E-state index contributed by atoms with van der Waals surface area (Å²) in [6.07, 6.45) is 5.79. The predicted octanol–water partition coefficient (Wildman–Crippen LogP) is 3.11. The highest BCUT2D eigenvalue weighted by molar-refractivity contribution is 5.42. The van der Waals surface area contributed by atoms with Gasteiger partial charge in [-0.05, 0) is 43.2 Å². The van der Waals surface area contributed by atoms with Gasteiger partial charge in [0.05, 0.1) is 12.7 Å². The molecule has 2 rings (SSSR count). The van der Waals surface area contributed by atoms with Crippen LogP contribution in [0.15, 0.2) is 18.2 Å². The summed E-state index contributed by atoms with van der Waals surface area (Å²) in [5, 5.41) is 9.77. The Morgan fingerprint density at radius 3 is 3.06 bits per heavy atom. The molecule has 2 nitrogen and oxygen atoms in total. The Morgan fingerprint density at radius 2 is 2.24 bits per heavy atom. The topological polar surface area (TPSA) is 29.5 Å². The third-order valence-electron chi connectivity index (χ3n) is 3.38. The van der Waals surface area contributed by atoms with Crippen molar-refractivity contribution in [3.8, 4) is 5.75 Å². The first-order valence-electron chi connectivity index (χ1n) is 6.73. The second kappa shape index (κ2) is 6.06. The second-order valence-corrected chi connectivity index (χ2v) is 4.84. The SMILES string of the molecule is CCCC(O)CCc1cccc2c1OCCC2. The van der Waals surface area contributed by atoms with Gasteiger partial charge in [0.1, 0.15) is 5.75 Å². The normalized spacial score (nSPS) is 16.1. The molecule has 0 amide bonds. The number of aryl methyl sites for hydroxylation is 2. The van der Waals surface area contributed by atoms with Gasteiger partial charge in [-0.2, -0.15) is 0 Å². The fourth-order valence-corrected chi connectivity index (χ4v) is 2.45. The second-order valence-electron chi connectivity index (χ2n) is 4.84. The van der Waals surface area contributed by atoms with Crippen LogP contribution in [0.5, 0.6) is 5.75 Å². The predicted molar refractivity (Wildman–Crippen MR) is 69.5 cm³/mol. The minimum absolute atomic E-state index is 0.167. The zero-order valence-electron chi connectivity index (χ0n) is 10.6. The van der Waals surface area contributed by atoms with Gasteiger partial charge in [-0.15, -0.1) is 0 Å². The maximum Gasteiger partial charge on any atom is 0.125 e. The third-order valence-corrected chi connectivity index (χ3v) is 3.38. The van der Waals surface area contributed by atoms with Crippen molar-refractivity contribution >= 4 is 0 Å². The minimum atomic E-state index is -0.167. The van der Waals surface area contributed by atoms with Gasteiger partial charge in [0.15, 0.2) is 0 Å². The van der Waals surface area contributed by atoms with Crippen LogP contribution in [0.3, 0.4) is 0 Å². The van der Waals surface area contributed by atoms with Gasteiger partial charge in [-0.1, -0.05) is 31.5 Å². The number of para-hydroxylation sites is 1. The molecule has 1 aliphatic heterocycles. The Balaban J connectivity index is 2.01. The summed E-state index contributed by atoms with van der Waals surface area (Å²) in [5.74, 6) is 1.09. The summed E-state index contributed by atoms with van der Waals surface area (Å²) < 4.78 is 5.77. The first-order chi connectivity index (χ1) is 8.31. The fraction of sp³-hybridized carbons (Fsp3) is 0.600. The van der Waals surface area contributed by atoms with E-state index in [9.17, 15) is 5.11 Å².